The fraction of sp³-hybridized carbons (Fsp3) is 0.286. The summed E-state index contributed by atoms with van der Waals surface area (Å²) in [5.74, 6) is -2.45. The van der Waals surface area contributed by atoms with Crippen molar-refractivity contribution in [1.82, 2.24) is 0 Å². The predicted molar refractivity (Wildman–Crippen MR) is 48.7 cm³/mol. The minimum Gasteiger partial charge on any atom is -0.481 e. The van der Waals surface area contributed by atoms with Gasteiger partial charge in [-0.3, -0.25) is 9.59 Å². The van der Waals surface area contributed by atoms with Crippen LogP contribution in [-0.2, 0) is 14.4 Å². The number of aliphatic carboxylic acids is 2. The summed E-state index contributed by atoms with van der Waals surface area (Å²) in [7, 11) is 0. The minimum absolute atomic E-state index is 0.130. The molecule has 6 heteroatoms. The van der Waals surface area contributed by atoms with Crippen molar-refractivity contribution < 1.29 is 24.6 Å². The van der Waals surface area contributed by atoms with Crippen molar-refractivity contribution in [1.29, 1.82) is 0 Å². The predicted octanol–water partition coefficient (Wildman–Crippen LogP) is 0.565. The highest BCUT2D eigenvalue weighted by atomic mass is 32.1. The highest BCUT2D eigenvalue weighted by Crippen LogP contribution is 1.91. The Labute approximate surface area is 80.5 Å². The Morgan fingerprint density at radius 1 is 1.31 bits per heavy atom. The molecule has 0 radical (unpaired) electrons. The first-order valence-corrected chi connectivity index (χ1v) is 3.54. The summed E-state index contributed by atoms with van der Waals surface area (Å²) < 4.78 is 0. The third-order valence-electron chi connectivity index (χ3n) is 0.647. The number of carboxylic acids is 2. The molecule has 0 aromatic heterocycles. The molecular formula is C7H10O5S. The molecule has 0 aliphatic heterocycles. The molecule has 0 amide bonds. The van der Waals surface area contributed by atoms with Gasteiger partial charge in [-0.25, -0.2) is 4.79 Å². The lowest BCUT2D eigenvalue weighted by Crippen LogP contribution is -2.00. The van der Waals surface area contributed by atoms with E-state index in [0.717, 1.165) is 0 Å². The highest BCUT2D eigenvalue weighted by Gasteiger charge is 1.98. The molecule has 0 aliphatic rings. The second-order valence-corrected chi connectivity index (χ2v) is 2.56. The molecule has 74 valence electrons. The van der Waals surface area contributed by atoms with Crippen molar-refractivity contribution in [3.05, 3.63) is 11.5 Å². The van der Waals surface area contributed by atoms with Gasteiger partial charge in [0.05, 0.1) is 4.91 Å². The molecule has 0 heterocycles. The van der Waals surface area contributed by atoms with E-state index in [9.17, 15) is 14.4 Å². The number of hydrogen-bond acceptors (Lipinski definition) is 4. The normalized spacial score (nSPS) is 7.85. The Kier molecular flexibility index (Phi) is 8.05. The van der Waals surface area contributed by atoms with Crippen LogP contribution >= 0.6 is 12.6 Å². The summed E-state index contributed by atoms with van der Waals surface area (Å²) in [6.45, 7) is 4.26. The standard InChI is InChI=1S/C4H6O3.C3H4O2S/c1-3(5)2-4(6)7;1-2(6)3(4)5/h2H2,1H3,(H,6,7);6H,1H2,(H,4,5). The summed E-state index contributed by atoms with van der Waals surface area (Å²) in [5, 5.41) is 15.7. The van der Waals surface area contributed by atoms with Crippen LogP contribution in [0, 0.1) is 0 Å². The molecule has 13 heavy (non-hydrogen) atoms. The number of Topliss-reactive ketones (excluding diaryl/α,β-unsaturated/α-hetero) is 1. The van der Waals surface area contributed by atoms with Crippen molar-refractivity contribution in [3.63, 3.8) is 0 Å². The van der Waals surface area contributed by atoms with Crippen molar-refractivity contribution in [2.24, 2.45) is 0 Å². The van der Waals surface area contributed by atoms with Gasteiger partial charge in [0, 0.05) is 0 Å². The van der Waals surface area contributed by atoms with E-state index >= 15 is 0 Å². The van der Waals surface area contributed by atoms with Gasteiger partial charge in [0.2, 0.25) is 0 Å². The Hall–Kier alpha value is -1.30. The van der Waals surface area contributed by atoms with Crippen molar-refractivity contribution >= 4 is 30.4 Å². The monoisotopic (exact) mass is 206 g/mol. The maximum Gasteiger partial charge on any atom is 0.341 e. The first kappa shape index (κ1) is 14.2. The van der Waals surface area contributed by atoms with E-state index in [4.69, 9.17) is 10.2 Å². The second kappa shape index (κ2) is 7.35. The number of hydrogen-bond donors (Lipinski definition) is 3. The van der Waals surface area contributed by atoms with E-state index in [0.29, 0.717) is 0 Å². The van der Waals surface area contributed by atoms with Gasteiger partial charge in [0.15, 0.2) is 0 Å². The van der Waals surface area contributed by atoms with Crippen LogP contribution in [0.1, 0.15) is 13.3 Å². The molecule has 0 saturated heterocycles. The van der Waals surface area contributed by atoms with E-state index in [1.54, 1.807) is 0 Å². The molecule has 0 rings (SSSR count). The smallest absolute Gasteiger partial charge is 0.341 e. The second-order valence-electron chi connectivity index (χ2n) is 2.02. The van der Waals surface area contributed by atoms with Crippen LogP contribution in [0.15, 0.2) is 11.5 Å². The molecule has 0 fully saturated rings. The maximum atomic E-state index is 9.87. The maximum absolute atomic E-state index is 9.87. The molecule has 0 bridgehead atoms. The van der Waals surface area contributed by atoms with Gasteiger partial charge in [-0.15, -0.1) is 12.6 Å². The lowest BCUT2D eigenvalue weighted by atomic mass is 10.3. The number of rotatable bonds is 3. The third-order valence-corrected chi connectivity index (χ3v) is 0.838. The molecule has 0 aromatic carbocycles. The van der Waals surface area contributed by atoms with Crippen LogP contribution in [-0.4, -0.2) is 27.9 Å². The number of ketones is 1. The quantitative estimate of drug-likeness (QED) is 0.356. The summed E-state index contributed by atoms with van der Waals surface area (Å²) in [6.07, 6.45) is -0.361. The summed E-state index contributed by atoms with van der Waals surface area (Å²) in [4.78, 5) is 28.9. The SMILES string of the molecule is C=C(S)C(=O)O.CC(=O)CC(=O)O. The molecule has 5 nitrogen and oxygen atoms in total. The molecule has 0 unspecified atom stereocenters. The van der Waals surface area contributed by atoms with Crippen LogP contribution in [0.2, 0.25) is 0 Å². The van der Waals surface area contributed by atoms with E-state index in [1.807, 2.05) is 0 Å². The first-order chi connectivity index (χ1) is 5.77. The van der Waals surface area contributed by atoms with Gasteiger partial charge >= 0.3 is 11.9 Å². The van der Waals surface area contributed by atoms with Crippen LogP contribution in [0.25, 0.3) is 0 Å². The zero-order chi connectivity index (χ0) is 11.0. The fourth-order valence-corrected chi connectivity index (χ4v) is 0.213. The van der Waals surface area contributed by atoms with Crippen molar-refractivity contribution in [2.45, 2.75) is 13.3 Å². The summed E-state index contributed by atoms with van der Waals surface area (Å²) >= 11 is 3.40. The molecule has 0 aliphatic carbocycles. The van der Waals surface area contributed by atoms with E-state index < -0.39 is 11.9 Å². The van der Waals surface area contributed by atoms with Crippen LogP contribution in [0.3, 0.4) is 0 Å². The molecule has 0 atom stereocenters. The van der Waals surface area contributed by atoms with Gasteiger partial charge in [-0.05, 0) is 6.92 Å². The van der Waals surface area contributed by atoms with Crippen LogP contribution < -0.4 is 0 Å². The topological polar surface area (TPSA) is 91.7 Å². The number of carboxylic acid groups (broad SMARTS) is 2. The van der Waals surface area contributed by atoms with Gasteiger partial charge in [-0.1, -0.05) is 6.58 Å². The fourth-order valence-electron chi connectivity index (χ4n) is 0.213. The lowest BCUT2D eigenvalue weighted by Gasteiger charge is -1.80. The number of carbonyl (C=O) groups is 3. The Balaban J connectivity index is 0. The van der Waals surface area contributed by atoms with Gasteiger partial charge in [-0.2, -0.15) is 0 Å². The zero-order valence-electron chi connectivity index (χ0n) is 6.98. The third kappa shape index (κ3) is 18.0. The number of thiol groups is 1. The Bertz CT molecular complexity index is 209. The van der Waals surface area contributed by atoms with Gasteiger partial charge in [0.25, 0.3) is 0 Å². The van der Waals surface area contributed by atoms with E-state index in [2.05, 4.69) is 19.2 Å². The molecule has 2 N–H and O–H groups in total. The lowest BCUT2D eigenvalue weighted by molar-refractivity contribution is -0.139. The van der Waals surface area contributed by atoms with E-state index in [1.165, 1.54) is 6.92 Å². The molecule has 0 aromatic rings. The Morgan fingerprint density at radius 2 is 1.62 bits per heavy atom. The molecular weight excluding hydrogens is 196 g/mol. The van der Waals surface area contributed by atoms with Crippen LogP contribution in [0.5, 0.6) is 0 Å². The van der Waals surface area contributed by atoms with Crippen molar-refractivity contribution in [2.75, 3.05) is 0 Å². The highest BCUT2D eigenvalue weighted by molar-refractivity contribution is 7.85. The molecule has 0 spiro atoms. The summed E-state index contributed by atoms with van der Waals surface area (Å²) in [6, 6.07) is 0. The largest absolute Gasteiger partial charge is 0.481 e. The van der Waals surface area contributed by atoms with Gasteiger partial charge < -0.3 is 10.2 Å². The van der Waals surface area contributed by atoms with Crippen LogP contribution in [0.4, 0.5) is 0 Å². The molecule has 0 saturated carbocycles. The minimum atomic E-state index is -1.07. The average Bonchev–Trinajstić information content (AvgIpc) is 1.84. The number of carbonyl (C=O) groups excluding carboxylic acids is 1. The average molecular weight is 206 g/mol. The first-order valence-electron chi connectivity index (χ1n) is 3.09. The van der Waals surface area contributed by atoms with E-state index in [-0.39, 0.29) is 17.1 Å². The zero-order valence-corrected chi connectivity index (χ0v) is 7.88. The van der Waals surface area contributed by atoms with Gasteiger partial charge in [0.1, 0.15) is 12.2 Å². The van der Waals surface area contributed by atoms with Crippen molar-refractivity contribution in [3.8, 4) is 0 Å². The summed E-state index contributed by atoms with van der Waals surface area (Å²) in [5.41, 5.74) is 0. The Morgan fingerprint density at radius 3 is 1.62 bits per heavy atom.